The second kappa shape index (κ2) is 4.65. The molecule has 96 valence electrons. The van der Waals surface area contributed by atoms with Crippen LogP contribution in [0.1, 0.15) is 28.6 Å². The molecular weight excluding hydrogens is 226 g/mol. The third-order valence-corrected chi connectivity index (χ3v) is 3.55. The Bertz CT molecular complexity index is 513. The van der Waals surface area contributed by atoms with Gasteiger partial charge < -0.3 is 8.83 Å². The predicted molar refractivity (Wildman–Crippen MR) is 69.6 cm³/mol. The highest BCUT2D eigenvalue weighted by Gasteiger charge is 2.18. The van der Waals surface area contributed by atoms with Gasteiger partial charge in [0.2, 0.25) is 0 Å². The molecule has 0 radical (unpaired) electrons. The van der Waals surface area contributed by atoms with E-state index in [-0.39, 0.29) is 0 Å². The molecule has 0 saturated carbocycles. The lowest BCUT2D eigenvalue weighted by Crippen LogP contribution is -2.25. The average Bonchev–Trinajstić information content (AvgIpc) is 2.84. The molecule has 1 aliphatic heterocycles. The van der Waals surface area contributed by atoms with E-state index in [1.165, 1.54) is 11.3 Å². The predicted octanol–water partition coefficient (Wildman–Crippen LogP) is 3.09. The fourth-order valence-corrected chi connectivity index (χ4v) is 2.64. The van der Waals surface area contributed by atoms with E-state index in [1.54, 1.807) is 0 Å². The van der Waals surface area contributed by atoms with Crippen LogP contribution < -0.4 is 0 Å². The van der Waals surface area contributed by atoms with Crippen LogP contribution in [0.2, 0.25) is 0 Å². The molecule has 1 aliphatic rings. The minimum absolute atomic E-state index is 0.900. The largest absolute Gasteiger partial charge is 0.466 e. The van der Waals surface area contributed by atoms with E-state index >= 15 is 0 Å². The Morgan fingerprint density at radius 1 is 1.06 bits per heavy atom. The van der Waals surface area contributed by atoms with Crippen LogP contribution >= 0.6 is 0 Å². The summed E-state index contributed by atoms with van der Waals surface area (Å²) in [6.45, 7) is 7.03. The third-order valence-electron chi connectivity index (χ3n) is 3.55. The quantitative estimate of drug-likeness (QED) is 0.814. The van der Waals surface area contributed by atoms with Gasteiger partial charge in [0, 0.05) is 19.5 Å². The van der Waals surface area contributed by atoms with Crippen LogP contribution in [0.3, 0.4) is 0 Å². The lowest BCUT2D eigenvalue weighted by atomic mass is 10.1. The van der Waals surface area contributed by atoms with Crippen molar-refractivity contribution in [2.45, 2.75) is 33.2 Å². The smallest absolute Gasteiger partial charge is 0.118 e. The van der Waals surface area contributed by atoms with Gasteiger partial charge in [-0.3, -0.25) is 4.90 Å². The van der Waals surface area contributed by atoms with Crippen molar-refractivity contribution in [1.29, 1.82) is 0 Å². The van der Waals surface area contributed by atoms with E-state index in [4.69, 9.17) is 8.83 Å². The lowest BCUT2D eigenvalue weighted by molar-refractivity contribution is 0.250. The summed E-state index contributed by atoms with van der Waals surface area (Å²) in [6.07, 6.45) is 2.08. The molecule has 0 bridgehead atoms. The van der Waals surface area contributed by atoms with Crippen molar-refractivity contribution in [3.8, 4) is 0 Å². The summed E-state index contributed by atoms with van der Waals surface area (Å²) in [4.78, 5) is 2.43. The highest BCUT2D eigenvalue weighted by atomic mass is 16.3. The van der Waals surface area contributed by atoms with E-state index in [0.717, 1.165) is 49.8 Å². The molecular formula is C15H19NO2. The standard InChI is InChI=1S/C15H19NO2/c1-11-3-4-14(17-11)10-16-7-5-13-9-12(2)18-15(13)6-8-16/h3-4,9H,5-8,10H2,1-2H3. The number of hydrogen-bond acceptors (Lipinski definition) is 3. The molecule has 3 heterocycles. The van der Waals surface area contributed by atoms with Gasteiger partial charge in [-0.1, -0.05) is 0 Å². The minimum atomic E-state index is 0.900. The van der Waals surface area contributed by atoms with E-state index in [1.807, 2.05) is 19.9 Å². The Labute approximate surface area is 107 Å². The molecule has 3 rings (SSSR count). The molecule has 0 atom stereocenters. The van der Waals surface area contributed by atoms with Gasteiger partial charge in [0.25, 0.3) is 0 Å². The first-order chi connectivity index (χ1) is 8.70. The van der Waals surface area contributed by atoms with E-state index in [0.29, 0.717) is 0 Å². The number of furan rings is 2. The Hall–Kier alpha value is -1.48. The van der Waals surface area contributed by atoms with Crippen molar-refractivity contribution < 1.29 is 8.83 Å². The number of rotatable bonds is 2. The Kier molecular flexibility index (Phi) is 3.00. The molecule has 3 nitrogen and oxygen atoms in total. The number of fused-ring (bicyclic) bond motifs is 1. The molecule has 3 heteroatoms. The second-order valence-electron chi connectivity index (χ2n) is 5.09. The molecule has 0 aliphatic carbocycles. The van der Waals surface area contributed by atoms with E-state index in [9.17, 15) is 0 Å². The minimum Gasteiger partial charge on any atom is -0.466 e. The topological polar surface area (TPSA) is 29.5 Å². The summed E-state index contributed by atoms with van der Waals surface area (Å²) in [5, 5.41) is 0. The van der Waals surface area contributed by atoms with Gasteiger partial charge in [-0.25, -0.2) is 0 Å². The highest BCUT2D eigenvalue weighted by Crippen LogP contribution is 2.21. The van der Waals surface area contributed by atoms with Gasteiger partial charge in [-0.2, -0.15) is 0 Å². The molecule has 18 heavy (non-hydrogen) atoms. The van der Waals surface area contributed by atoms with Crippen molar-refractivity contribution in [2.75, 3.05) is 13.1 Å². The molecule has 2 aromatic heterocycles. The van der Waals surface area contributed by atoms with Crippen LogP contribution in [0.4, 0.5) is 0 Å². The van der Waals surface area contributed by atoms with Crippen molar-refractivity contribution in [3.05, 3.63) is 46.8 Å². The zero-order chi connectivity index (χ0) is 12.5. The zero-order valence-corrected chi connectivity index (χ0v) is 11.0. The maximum absolute atomic E-state index is 5.74. The zero-order valence-electron chi connectivity index (χ0n) is 11.0. The first-order valence-corrected chi connectivity index (χ1v) is 6.56. The summed E-state index contributed by atoms with van der Waals surface area (Å²) in [5.74, 6) is 4.25. The Morgan fingerprint density at radius 3 is 2.67 bits per heavy atom. The molecule has 0 amide bonds. The maximum atomic E-state index is 5.74. The maximum Gasteiger partial charge on any atom is 0.118 e. The number of nitrogens with zero attached hydrogens (tertiary/aromatic N) is 1. The van der Waals surface area contributed by atoms with Crippen LogP contribution in [0.25, 0.3) is 0 Å². The third kappa shape index (κ3) is 2.36. The van der Waals surface area contributed by atoms with Crippen LogP contribution in [0, 0.1) is 13.8 Å². The fraction of sp³-hybridized carbons (Fsp3) is 0.467. The average molecular weight is 245 g/mol. The van der Waals surface area contributed by atoms with Crippen LogP contribution in [0.5, 0.6) is 0 Å². The van der Waals surface area contributed by atoms with Crippen molar-refractivity contribution >= 4 is 0 Å². The van der Waals surface area contributed by atoms with Gasteiger partial charge in [-0.05, 0) is 44.0 Å². The Balaban J connectivity index is 1.66. The summed E-state index contributed by atoms with van der Waals surface area (Å²) in [7, 11) is 0. The first-order valence-electron chi connectivity index (χ1n) is 6.56. The molecule has 0 unspecified atom stereocenters. The summed E-state index contributed by atoms with van der Waals surface area (Å²) in [5.41, 5.74) is 1.38. The van der Waals surface area contributed by atoms with E-state index < -0.39 is 0 Å². The summed E-state index contributed by atoms with van der Waals surface area (Å²) in [6, 6.07) is 6.28. The number of hydrogen-bond donors (Lipinski definition) is 0. The Morgan fingerprint density at radius 2 is 1.89 bits per heavy atom. The van der Waals surface area contributed by atoms with Crippen molar-refractivity contribution in [3.63, 3.8) is 0 Å². The van der Waals surface area contributed by atoms with Gasteiger partial charge in [-0.15, -0.1) is 0 Å². The summed E-state index contributed by atoms with van der Waals surface area (Å²) >= 11 is 0. The summed E-state index contributed by atoms with van der Waals surface area (Å²) < 4.78 is 11.4. The van der Waals surface area contributed by atoms with E-state index in [2.05, 4.69) is 17.0 Å². The molecule has 0 fully saturated rings. The molecule has 2 aromatic rings. The second-order valence-corrected chi connectivity index (χ2v) is 5.09. The van der Waals surface area contributed by atoms with Gasteiger partial charge in [0.05, 0.1) is 6.54 Å². The highest BCUT2D eigenvalue weighted by molar-refractivity contribution is 5.23. The monoisotopic (exact) mass is 245 g/mol. The molecule has 0 saturated heterocycles. The normalized spacial score (nSPS) is 16.6. The fourth-order valence-electron chi connectivity index (χ4n) is 2.64. The van der Waals surface area contributed by atoms with Crippen LogP contribution in [-0.4, -0.2) is 18.0 Å². The van der Waals surface area contributed by atoms with Gasteiger partial charge >= 0.3 is 0 Å². The van der Waals surface area contributed by atoms with Crippen molar-refractivity contribution in [2.24, 2.45) is 0 Å². The van der Waals surface area contributed by atoms with Crippen LogP contribution in [0.15, 0.2) is 27.0 Å². The molecule has 0 N–H and O–H groups in total. The molecule has 0 spiro atoms. The van der Waals surface area contributed by atoms with Crippen molar-refractivity contribution in [1.82, 2.24) is 4.90 Å². The SMILES string of the molecule is Cc1ccc(CN2CCc3cc(C)oc3CC2)o1. The van der Waals surface area contributed by atoms with Crippen LogP contribution in [-0.2, 0) is 19.4 Å². The van der Waals surface area contributed by atoms with Gasteiger partial charge in [0.15, 0.2) is 0 Å². The number of aryl methyl sites for hydroxylation is 2. The molecule has 0 aromatic carbocycles. The van der Waals surface area contributed by atoms with Gasteiger partial charge in [0.1, 0.15) is 23.0 Å². The first kappa shape index (κ1) is 11.6. The lowest BCUT2D eigenvalue weighted by Gasteiger charge is -2.17.